The molecule has 1 heterocycles. The topological polar surface area (TPSA) is 64.1 Å². The number of ether oxygens (including phenoxy) is 3. The fraction of sp³-hybridized carbons (Fsp3) is 0.450. The quantitative estimate of drug-likeness (QED) is 0.295. The average molecular weight is 519 g/mol. The van der Waals surface area contributed by atoms with Gasteiger partial charge in [0.1, 0.15) is 17.2 Å². The number of nitrogens with one attached hydrogen (secondary N) is 2. The zero-order chi connectivity index (χ0) is 19.6. The Balaban J connectivity index is 0.00000392. The summed E-state index contributed by atoms with van der Waals surface area (Å²) in [5, 5.41) is 8.81. The average Bonchev–Trinajstić information content (AvgIpc) is 3.24. The Kier molecular flexibility index (Phi) is 11.1. The molecule has 8 heteroatoms. The van der Waals surface area contributed by atoms with Crippen LogP contribution in [0.15, 0.2) is 34.6 Å². The maximum Gasteiger partial charge on any atom is 0.191 e. The number of nitrogens with zero attached hydrogens (tertiary/aromatic N) is 1. The van der Waals surface area contributed by atoms with Gasteiger partial charge >= 0.3 is 0 Å². The van der Waals surface area contributed by atoms with Gasteiger partial charge < -0.3 is 24.8 Å². The maximum atomic E-state index is 5.50. The van der Waals surface area contributed by atoms with Crippen molar-refractivity contribution >= 4 is 41.3 Å². The summed E-state index contributed by atoms with van der Waals surface area (Å²) in [5.41, 5.74) is 0.879. The summed E-state index contributed by atoms with van der Waals surface area (Å²) in [7, 11) is 4.88. The van der Waals surface area contributed by atoms with E-state index in [1.54, 1.807) is 32.7 Å². The molecule has 0 fully saturated rings. The first kappa shape index (κ1) is 24.4. The van der Waals surface area contributed by atoms with Gasteiger partial charge in [0.15, 0.2) is 5.96 Å². The lowest BCUT2D eigenvalue weighted by Crippen LogP contribution is -2.39. The normalized spacial score (nSPS) is 12.0. The van der Waals surface area contributed by atoms with Gasteiger partial charge in [0, 0.05) is 36.0 Å². The van der Waals surface area contributed by atoms with Gasteiger partial charge in [-0.2, -0.15) is 0 Å². The van der Waals surface area contributed by atoms with E-state index in [0.717, 1.165) is 24.6 Å². The number of methoxy groups -OCH3 is 3. The van der Waals surface area contributed by atoms with E-state index >= 15 is 0 Å². The Morgan fingerprint density at radius 1 is 1.11 bits per heavy atom. The van der Waals surface area contributed by atoms with E-state index in [-0.39, 0.29) is 24.0 Å². The molecule has 28 heavy (non-hydrogen) atoms. The molecule has 0 spiro atoms. The van der Waals surface area contributed by atoms with Gasteiger partial charge in [-0.15, -0.1) is 35.3 Å². The highest BCUT2D eigenvalue weighted by atomic mass is 127. The molecule has 156 valence electrons. The smallest absolute Gasteiger partial charge is 0.191 e. The summed E-state index contributed by atoms with van der Waals surface area (Å²) in [6.07, 6.45) is 0. The third-order valence-electron chi connectivity index (χ3n) is 4.16. The summed E-state index contributed by atoms with van der Waals surface area (Å²) in [4.78, 5) is 6.06. The van der Waals surface area contributed by atoms with Crippen LogP contribution in [0.1, 0.15) is 30.2 Å². The van der Waals surface area contributed by atoms with Gasteiger partial charge in [0.05, 0.1) is 33.4 Å². The number of hydrogen-bond acceptors (Lipinski definition) is 5. The lowest BCUT2D eigenvalue weighted by Gasteiger charge is -2.16. The van der Waals surface area contributed by atoms with Crippen molar-refractivity contribution in [3.8, 4) is 17.2 Å². The van der Waals surface area contributed by atoms with E-state index in [0.29, 0.717) is 29.7 Å². The zero-order valence-corrected chi connectivity index (χ0v) is 20.2. The number of thiophene rings is 1. The van der Waals surface area contributed by atoms with Gasteiger partial charge in [0.25, 0.3) is 0 Å². The Morgan fingerprint density at radius 3 is 2.29 bits per heavy atom. The highest BCUT2D eigenvalue weighted by Crippen LogP contribution is 2.34. The van der Waals surface area contributed by atoms with Crippen molar-refractivity contribution in [2.24, 2.45) is 4.99 Å². The summed E-state index contributed by atoms with van der Waals surface area (Å²) in [6, 6.07) is 7.92. The molecule has 0 saturated carbocycles. The largest absolute Gasteiger partial charge is 0.496 e. The Bertz CT molecular complexity index is 713. The Hall–Kier alpha value is -1.68. The van der Waals surface area contributed by atoms with Crippen molar-refractivity contribution in [2.75, 3.05) is 34.4 Å². The second-order valence-electron chi connectivity index (χ2n) is 6.00. The molecule has 1 aromatic heterocycles. The minimum Gasteiger partial charge on any atom is -0.496 e. The lowest BCUT2D eigenvalue weighted by molar-refractivity contribution is 0.369. The third kappa shape index (κ3) is 6.73. The fourth-order valence-corrected chi connectivity index (χ4v) is 3.44. The number of halogens is 1. The number of rotatable bonds is 9. The van der Waals surface area contributed by atoms with Crippen LogP contribution in [0.4, 0.5) is 0 Å². The van der Waals surface area contributed by atoms with Gasteiger partial charge in [-0.3, -0.25) is 0 Å². The fourth-order valence-electron chi connectivity index (χ4n) is 2.66. The van der Waals surface area contributed by atoms with Gasteiger partial charge in [-0.1, -0.05) is 13.0 Å². The molecule has 0 aliphatic heterocycles. The number of benzene rings is 1. The minimum atomic E-state index is 0. The maximum absolute atomic E-state index is 5.50. The van der Waals surface area contributed by atoms with Crippen LogP contribution in [-0.4, -0.2) is 40.4 Å². The van der Waals surface area contributed by atoms with E-state index in [2.05, 4.69) is 42.0 Å². The SMILES string of the molecule is CCNC(=NCc1c(OC)cc(OC)cc1OC)NCC(C)c1cccs1.I. The molecule has 6 nitrogen and oxygen atoms in total. The van der Waals surface area contributed by atoms with Crippen LogP contribution < -0.4 is 24.8 Å². The van der Waals surface area contributed by atoms with Crippen LogP contribution in [-0.2, 0) is 6.54 Å². The monoisotopic (exact) mass is 519 g/mol. The van der Waals surface area contributed by atoms with Gasteiger partial charge in [-0.05, 0) is 18.4 Å². The van der Waals surface area contributed by atoms with E-state index in [9.17, 15) is 0 Å². The summed E-state index contributed by atoms with van der Waals surface area (Å²) >= 11 is 1.77. The third-order valence-corrected chi connectivity index (χ3v) is 5.27. The first-order chi connectivity index (χ1) is 13.1. The second kappa shape index (κ2) is 12.7. The van der Waals surface area contributed by atoms with Crippen molar-refractivity contribution in [1.82, 2.24) is 10.6 Å². The molecule has 2 rings (SSSR count). The zero-order valence-electron chi connectivity index (χ0n) is 17.1. The molecule has 0 aliphatic carbocycles. The summed E-state index contributed by atoms with van der Waals surface area (Å²) in [6.45, 7) is 6.28. The van der Waals surface area contributed by atoms with Crippen LogP contribution in [0.25, 0.3) is 0 Å². The standard InChI is InChI=1S/C20H29N3O3S.HI/c1-6-21-20(22-12-14(2)19-8-7-9-27-19)23-13-16-17(25-4)10-15(24-3)11-18(16)26-5;/h7-11,14H,6,12-13H2,1-5H3,(H2,21,22,23);1H. The molecule has 1 unspecified atom stereocenters. The molecule has 0 aliphatic rings. The Morgan fingerprint density at radius 2 is 1.79 bits per heavy atom. The van der Waals surface area contributed by atoms with E-state index in [1.807, 2.05) is 12.1 Å². The molecule has 1 aromatic carbocycles. The van der Waals surface area contributed by atoms with Crippen LogP contribution in [0.2, 0.25) is 0 Å². The molecular weight excluding hydrogens is 489 g/mol. The lowest BCUT2D eigenvalue weighted by atomic mass is 10.1. The van der Waals surface area contributed by atoms with Crippen molar-refractivity contribution in [3.63, 3.8) is 0 Å². The number of hydrogen-bond donors (Lipinski definition) is 2. The first-order valence-corrected chi connectivity index (χ1v) is 9.85. The van der Waals surface area contributed by atoms with Crippen LogP contribution in [0, 0.1) is 0 Å². The van der Waals surface area contributed by atoms with Crippen LogP contribution in [0.5, 0.6) is 17.2 Å². The van der Waals surface area contributed by atoms with Crippen molar-refractivity contribution in [1.29, 1.82) is 0 Å². The van der Waals surface area contributed by atoms with Crippen LogP contribution in [0.3, 0.4) is 0 Å². The molecule has 0 amide bonds. The number of aliphatic imine (C=N–C) groups is 1. The van der Waals surface area contributed by atoms with Gasteiger partial charge in [-0.25, -0.2) is 4.99 Å². The van der Waals surface area contributed by atoms with E-state index in [1.165, 1.54) is 4.88 Å². The molecule has 0 bridgehead atoms. The summed E-state index contributed by atoms with van der Waals surface area (Å²) < 4.78 is 16.3. The first-order valence-electron chi connectivity index (χ1n) is 8.97. The second-order valence-corrected chi connectivity index (χ2v) is 6.98. The molecule has 0 radical (unpaired) electrons. The Labute approximate surface area is 188 Å². The molecule has 0 saturated heterocycles. The van der Waals surface area contributed by atoms with E-state index < -0.39 is 0 Å². The highest BCUT2D eigenvalue weighted by molar-refractivity contribution is 14.0. The molecule has 2 aromatic rings. The molecule has 1 atom stereocenters. The van der Waals surface area contributed by atoms with Gasteiger partial charge in [0.2, 0.25) is 0 Å². The predicted molar refractivity (Wildman–Crippen MR) is 127 cm³/mol. The van der Waals surface area contributed by atoms with Crippen LogP contribution >= 0.6 is 35.3 Å². The predicted octanol–water partition coefficient (Wildman–Crippen LogP) is 4.25. The van der Waals surface area contributed by atoms with Crippen molar-refractivity contribution < 1.29 is 14.2 Å². The molecule has 2 N–H and O–H groups in total. The van der Waals surface area contributed by atoms with Crippen molar-refractivity contribution in [3.05, 3.63) is 40.1 Å². The minimum absolute atomic E-state index is 0. The van der Waals surface area contributed by atoms with Crippen molar-refractivity contribution in [2.45, 2.75) is 26.3 Å². The van der Waals surface area contributed by atoms with E-state index in [4.69, 9.17) is 19.2 Å². The highest BCUT2D eigenvalue weighted by Gasteiger charge is 2.14. The summed E-state index contributed by atoms with van der Waals surface area (Å²) in [5.74, 6) is 3.25. The molecular formula is C20H30IN3O3S. The number of guanidine groups is 1.